The van der Waals surface area contributed by atoms with Crippen LogP contribution >= 0.6 is 0 Å². The van der Waals surface area contributed by atoms with Crippen LogP contribution in [-0.2, 0) is 25.6 Å². The van der Waals surface area contributed by atoms with Gasteiger partial charge in [0.1, 0.15) is 12.7 Å². The van der Waals surface area contributed by atoms with Crippen LogP contribution in [0.25, 0.3) is 0 Å². The zero-order valence-electron chi connectivity index (χ0n) is 14.3. The van der Waals surface area contributed by atoms with Crippen molar-refractivity contribution >= 4 is 17.8 Å². The average molecular weight is 362 g/mol. The van der Waals surface area contributed by atoms with E-state index >= 15 is 0 Å². The van der Waals surface area contributed by atoms with Gasteiger partial charge in [-0.25, -0.2) is 4.79 Å². The molecule has 1 fully saturated rings. The Hall–Kier alpha value is -2.45. The highest BCUT2D eigenvalue weighted by Gasteiger charge is 2.30. The van der Waals surface area contributed by atoms with Crippen LogP contribution in [0.5, 0.6) is 0 Å². The van der Waals surface area contributed by atoms with Gasteiger partial charge in [-0.1, -0.05) is 18.2 Å². The van der Waals surface area contributed by atoms with Gasteiger partial charge in [0.15, 0.2) is 0 Å². The lowest BCUT2D eigenvalue weighted by molar-refractivity contribution is -0.149. The van der Waals surface area contributed by atoms with Gasteiger partial charge in [0.2, 0.25) is 5.91 Å². The van der Waals surface area contributed by atoms with E-state index in [0.717, 1.165) is 5.56 Å². The van der Waals surface area contributed by atoms with E-state index in [9.17, 15) is 14.4 Å². The zero-order valence-corrected chi connectivity index (χ0v) is 14.3. The summed E-state index contributed by atoms with van der Waals surface area (Å²) in [6.07, 6.45) is 0.258. The molecule has 8 nitrogen and oxygen atoms in total. The van der Waals surface area contributed by atoms with E-state index in [-0.39, 0.29) is 30.9 Å². The van der Waals surface area contributed by atoms with Gasteiger partial charge in [0.05, 0.1) is 12.6 Å². The van der Waals surface area contributed by atoms with Crippen molar-refractivity contribution in [3.63, 3.8) is 0 Å². The second-order valence-corrected chi connectivity index (χ2v) is 6.41. The van der Waals surface area contributed by atoms with Crippen molar-refractivity contribution in [2.45, 2.75) is 31.5 Å². The number of fused-ring (bicyclic) bond motifs is 1. The molecule has 2 atom stereocenters. The molecule has 1 aromatic carbocycles. The third-order valence-corrected chi connectivity index (χ3v) is 4.58. The molecule has 0 radical (unpaired) electrons. The number of amides is 2. The van der Waals surface area contributed by atoms with Crippen LogP contribution in [0.4, 0.5) is 0 Å². The summed E-state index contributed by atoms with van der Waals surface area (Å²) in [4.78, 5) is 36.9. The first-order valence-electron chi connectivity index (χ1n) is 8.62. The SMILES string of the molecule is O=C(O)CO[C@@H]1COCC[C@H]1NC(=O)CCN1Cc2ccccc2C1=O. The molecule has 2 amide bonds. The van der Waals surface area contributed by atoms with Crippen LogP contribution in [0, 0.1) is 0 Å². The molecule has 0 bridgehead atoms. The maximum Gasteiger partial charge on any atom is 0.329 e. The molecule has 0 spiro atoms. The molecule has 2 heterocycles. The summed E-state index contributed by atoms with van der Waals surface area (Å²) in [5.41, 5.74) is 1.67. The van der Waals surface area contributed by atoms with Crippen molar-refractivity contribution in [1.82, 2.24) is 10.2 Å². The molecule has 0 aliphatic carbocycles. The maximum absolute atomic E-state index is 12.3. The van der Waals surface area contributed by atoms with Crippen molar-refractivity contribution in [1.29, 1.82) is 0 Å². The van der Waals surface area contributed by atoms with Crippen molar-refractivity contribution in [3.8, 4) is 0 Å². The van der Waals surface area contributed by atoms with Gasteiger partial charge in [0.25, 0.3) is 5.91 Å². The van der Waals surface area contributed by atoms with Crippen LogP contribution in [-0.4, -0.2) is 66.3 Å². The Bertz CT molecular complexity index is 692. The van der Waals surface area contributed by atoms with Gasteiger partial charge < -0.3 is 24.8 Å². The highest BCUT2D eigenvalue weighted by atomic mass is 16.5. The third kappa shape index (κ3) is 4.39. The fourth-order valence-electron chi connectivity index (χ4n) is 3.23. The van der Waals surface area contributed by atoms with Crippen LogP contribution < -0.4 is 5.32 Å². The number of carbonyl (C=O) groups excluding carboxylic acids is 2. The summed E-state index contributed by atoms with van der Waals surface area (Å²) < 4.78 is 10.6. The highest BCUT2D eigenvalue weighted by molar-refractivity contribution is 5.98. The van der Waals surface area contributed by atoms with Crippen molar-refractivity contribution in [2.75, 3.05) is 26.4 Å². The quantitative estimate of drug-likeness (QED) is 0.728. The molecule has 2 aliphatic heterocycles. The molecule has 3 rings (SSSR count). The van der Waals surface area contributed by atoms with Gasteiger partial charge in [-0.3, -0.25) is 9.59 Å². The standard InChI is InChI=1S/C18H22N2O6/c21-16(19-14-6-8-25-10-15(14)26-11-17(22)23)5-7-20-9-12-3-1-2-4-13(12)18(20)24/h1-4,14-15H,5-11H2,(H,19,21)(H,22,23)/t14-,15-/m1/s1. The molecule has 0 aromatic heterocycles. The van der Waals surface area contributed by atoms with Gasteiger partial charge in [-0.15, -0.1) is 0 Å². The first kappa shape index (κ1) is 18.3. The molecule has 2 N–H and O–H groups in total. The lowest BCUT2D eigenvalue weighted by Crippen LogP contribution is -2.50. The molecule has 0 saturated carbocycles. The van der Waals surface area contributed by atoms with Crippen LogP contribution in [0.15, 0.2) is 24.3 Å². The number of aliphatic carboxylic acids is 1. The Kier molecular flexibility index (Phi) is 5.85. The minimum Gasteiger partial charge on any atom is -0.480 e. The normalized spacial score (nSPS) is 22.2. The Morgan fingerprint density at radius 2 is 2.15 bits per heavy atom. The first-order valence-corrected chi connectivity index (χ1v) is 8.62. The second-order valence-electron chi connectivity index (χ2n) is 6.41. The molecule has 2 aliphatic rings. The van der Waals surface area contributed by atoms with E-state index in [0.29, 0.717) is 31.7 Å². The van der Waals surface area contributed by atoms with Crippen LogP contribution in [0.1, 0.15) is 28.8 Å². The average Bonchev–Trinajstić information content (AvgIpc) is 2.95. The Morgan fingerprint density at radius 1 is 1.35 bits per heavy atom. The Labute approximate surface area is 151 Å². The summed E-state index contributed by atoms with van der Waals surface area (Å²) in [5, 5.41) is 11.6. The number of nitrogens with one attached hydrogen (secondary N) is 1. The lowest BCUT2D eigenvalue weighted by Gasteiger charge is -2.31. The number of nitrogens with zero attached hydrogens (tertiary/aromatic N) is 1. The molecular weight excluding hydrogens is 340 g/mol. The number of ether oxygens (including phenoxy) is 2. The molecular formula is C18H22N2O6. The topological polar surface area (TPSA) is 105 Å². The summed E-state index contributed by atoms with van der Waals surface area (Å²) in [6.45, 7) is 1.16. The summed E-state index contributed by atoms with van der Waals surface area (Å²) in [5.74, 6) is -1.31. The Morgan fingerprint density at radius 3 is 2.92 bits per heavy atom. The molecule has 8 heteroatoms. The smallest absolute Gasteiger partial charge is 0.329 e. The van der Waals surface area contributed by atoms with E-state index in [1.807, 2.05) is 18.2 Å². The number of hydrogen-bond acceptors (Lipinski definition) is 5. The van der Waals surface area contributed by atoms with E-state index < -0.39 is 18.7 Å². The van der Waals surface area contributed by atoms with Crippen molar-refractivity contribution in [3.05, 3.63) is 35.4 Å². The lowest BCUT2D eigenvalue weighted by atomic mass is 10.1. The van der Waals surface area contributed by atoms with Gasteiger partial charge in [0, 0.05) is 31.7 Å². The number of carboxylic acid groups (broad SMARTS) is 1. The predicted molar refractivity (Wildman–Crippen MR) is 90.5 cm³/mol. The van der Waals surface area contributed by atoms with Gasteiger partial charge in [-0.05, 0) is 18.1 Å². The number of rotatable bonds is 7. The fraction of sp³-hybridized carbons (Fsp3) is 0.500. The highest BCUT2D eigenvalue weighted by Crippen LogP contribution is 2.22. The van der Waals surface area contributed by atoms with E-state index in [1.165, 1.54) is 0 Å². The maximum atomic E-state index is 12.3. The number of hydrogen-bond donors (Lipinski definition) is 2. The summed E-state index contributed by atoms with van der Waals surface area (Å²) >= 11 is 0. The molecule has 26 heavy (non-hydrogen) atoms. The van der Waals surface area contributed by atoms with Crippen molar-refractivity contribution in [2.24, 2.45) is 0 Å². The first-order chi connectivity index (χ1) is 12.5. The van der Waals surface area contributed by atoms with Gasteiger partial charge in [-0.2, -0.15) is 0 Å². The number of benzene rings is 1. The number of carbonyl (C=O) groups is 3. The number of carboxylic acids is 1. The largest absolute Gasteiger partial charge is 0.480 e. The molecule has 0 unspecified atom stereocenters. The minimum atomic E-state index is -1.06. The second kappa shape index (κ2) is 8.29. The van der Waals surface area contributed by atoms with E-state index in [4.69, 9.17) is 14.6 Å². The van der Waals surface area contributed by atoms with Crippen molar-refractivity contribution < 1.29 is 29.0 Å². The Balaban J connectivity index is 1.48. The van der Waals surface area contributed by atoms with Gasteiger partial charge >= 0.3 is 5.97 Å². The third-order valence-electron chi connectivity index (χ3n) is 4.58. The summed E-state index contributed by atoms with van der Waals surface area (Å²) in [6, 6.07) is 7.14. The molecule has 140 valence electrons. The van der Waals surface area contributed by atoms with Crippen LogP contribution in [0.3, 0.4) is 0 Å². The summed E-state index contributed by atoms with van der Waals surface area (Å²) in [7, 11) is 0. The molecule has 1 saturated heterocycles. The minimum absolute atomic E-state index is 0.0536. The van der Waals surface area contributed by atoms with Crippen LogP contribution in [0.2, 0.25) is 0 Å². The molecule has 1 aromatic rings. The monoisotopic (exact) mass is 362 g/mol. The zero-order chi connectivity index (χ0) is 18.5. The van der Waals surface area contributed by atoms with E-state index in [2.05, 4.69) is 5.32 Å². The fourth-order valence-corrected chi connectivity index (χ4v) is 3.23. The van der Waals surface area contributed by atoms with E-state index in [1.54, 1.807) is 11.0 Å². The predicted octanol–water partition coefficient (Wildman–Crippen LogP) is 0.407.